The second-order valence-electron chi connectivity index (χ2n) is 3.81. The Bertz CT molecular complexity index is 382. The molecule has 1 fully saturated rings. The van der Waals surface area contributed by atoms with Gasteiger partial charge in [-0.1, -0.05) is 23.4 Å². The minimum Gasteiger partial charge on any atom is -0.294 e. The molecule has 15 heavy (non-hydrogen) atoms. The third-order valence-electron chi connectivity index (χ3n) is 2.56. The van der Waals surface area contributed by atoms with Gasteiger partial charge in [-0.2, -0.15) is 0 Å². The Labute approximate surface area is 93.9 Å². The molecular weight excluding hydrogens is 208 g/mol. The number of hydrogen-bond acceptors (Lipinski definition) is 3. The highest BCUT2D eigenvalue weighted by molar-refractivity contribution is 8.15. The number of carbonyl (C=O) groups is 1. The summed E-state index contributed by atoms with van der Waals surface area (Å²) in [6, 6.07) is 0. The van der Waals surface area contributed by atoms with Gasteiger partial charge in [-0.15, -0.1) is 0 Å². The Balaban J connectivity index is 2.14. The molecule has 2 aliphatic rings. The summed E-state index contributed by atoms with van der Waals surface area (Å²) in [7, 11) is 1.78. The molecule has 2 rings (SSSR count). The van der Waals surface area contributed by atoms with Gasteiger partial charge in [-0.3, -0.25) is 9.69 Å². The van der Waals surface area contributed by atoms with Gasteiger partial charge in [-0.25, -0.2) is 4.99 Å². The van der Waals surface area contributed by atoms with Crippen molar-refractivity contribution in [1.29, 1.82) is 0 Å². The molecule has 0 aromatic carbocycles. The van der Waals surface area contributed by atoms with Gasteiger partial charge in [-0.05, 0) is 25.8 Å². The maximum absolute atomic E-state index is 11.3. The maximum Gasteiger partial charge on any atom is 0.238 e. The molecule has 0 radical (unpaired) electrons. The average molecular weight is 222 g/mol. The Hall–Kier alpha value is -1.03. The van der Waals surface area contributed by atoms with Crippen LogP contribution in [0.25, 0.3) is 0 Å². The number of amides is 1. The van der Waals surface area contributed by atoms with E-state index in [4.69, 9.17) is 0 Å². The van der Waals surface area contributed by atoms with Crippen LogP contribution in [0.2, 0.25) is 0 Å². The van der Waals surface area contributed by atoms with E-state index in [1.807, 2.05) is 6.08 Å². The van der Waals surface area contributed by atoms with Crippen molar-refractivity contribution in [2.75, 3.05) is 12.8 Å². The predicted molar refractivity (Wildman–Crippen MR) is 63.7 cm³/mol. The Morgan fingerprint density at radius 1 is 1.40 bits per heavy atom. The molecule has 1 amide bonds. The van der Waals surface area contributed by atoms with Gasteiger partial charge in [0.05, 0.1) is 5.75 Å². The predicted octanol–water partition coefficient (Wildman–Crippen LogP) is 2.17. The number of aliphatic imine (C=N–C) groups is 1. The smallest absolute Gasteiger partial charge is 0.238 e. The van der Waals surface area contributed by atoms with Crippen LogP contribution in [-0.4, -0.2) is 28.8 Å². The summed E-state index contributed by atoms with van der Waals surface area (Å²) in [6.45, 7) is 2.13. The number of amidine groups is 1. The molecule has 80 valence electrons. The molecule has 0 bridgehead atoms. The lowest BCUT2D eigenvalue weighted by Crippen LogP contribution is -2.24. The van der Waals surface area contributed by atoms with Gasteiger partial charge >= 0.3 is 0 Å². The normalized spacial score (nSPS) is 24.5. The molecule has 3 nitrogen and oxygen atoms in total. The summed E-state index contributed by atoms with van der Waals surface area (Å²) in [4.78, 5) is 17.4. The molecule has 0 spiro atoms. The second kappa shape index (κ2) is 4.23. The molecule has 0 aromatic rings. The first-order chi connectivity index (χ1) is 7.16. The van der Waals surface area contributed by atoms with E-state index in [1.165, 1.54) is 17.3 Å². The van der Waals surface area contributed by atoms with E-state index in [0.29, 0.717) is 5.75 Å². The first-order valence-electron chi connectivity index (χ1n) is 5.01. The Morgan fingerprint density at radius 3 is 2.73 bits per heavy atom. The molecule has 0 atom stereocenters. The fraction of sp³-hybridized carbons (Fsp3) is 0.455. The van der Waals surface area contributed by atoms with Gasteiger partial charge in [0.25, 0.3) is 0 Å². The van der Waals surface area contributed by atoms with Gasteiger partial charge in [0.15, 0.2) is 5.17 Å². The molecule has 0 N–H and O–H groups in total. The summed E-state index contributed by atoms with van der Waals surface area (Å²) >= 11 is 1.52. The first kappa shape index (κ1) is 10.5. The lowest BCUT2D eigenvalue weighted by molar-refractivity contribution is -0.123. The van der Waals surface area contributed by atoms with Gasteiger partial charge in [0, 0.05) is 12.7 Å². The summed E-state index contributed by atoms with van der Waals surface area (Å²) in [6.07, 6.45) is 6.20. The van der Waals surface area contributed by atoms with Crippen molar-refractivity contribution >= 4 is 22.8 Å². The largest absolute Gasteiger partial charge is 0.294 e. The summed E-state index contributed by atoms with van der Waals surface area (Å²) < 4.78 is 0. The van der Waals surface area contributed by atoms with Gasteiger partial charge < -0.3 is 0 Å². The second-order valence-corrected chi connectivity index (χ2v) is 4.75. The Kier molecular flexibility index (Phi) is 2.95. The standard InChI is InChI=1S/C11H14N2OS/c1-8-3-5-9(6-4-8)12-11-13(2)10(14)7-15-11/h3,5H,4,6-7H2,1-2H3. The van der Waals surface area contributed by atoms with Crippen molar-refractivity contribution < 1.29 is 4.79 Å². The third kappa shape index (κ3) is 2.31. The van der Waals surface area contributed by atoms with Crippen LogP contribution < -0.4 is 0 Å². The lowest BCUT2D eigenvalue weighted by Gasteiger charge is -2.11. The number of hydrogen-bond donors (Lipinski definition) is 0. The van der Waals surface area contributed by atoms with Crippen LogP contribution >= 0.6 is 11.8 Å². The van der Waals surface area contributed by atoms with Gasteiger partial charge in [0.2, 0.25) is 5.91 Å². The zero-order chi connectivity index (χ0) is 10.8. The van der Waals surface area contributed by atoms with Crippen LogP contribution in [-0.2, 0) is 4.79 Å². The molecule has 0 saturated carbocycles. The monoisotopic (exact) mass is 222 g/mol. The SMILES string of the molecule is CC1=CC=C(N=C2SCC(=O)N2C)CC1. The minimum atomic E-state index is 0.141. The molecule has 0 unspecified atom stereocenters. The van der Waals surface area contributed by atoms with E-state index in [2.05, 4.69) is 18.0 Å². The zero-order valence-corrected chi connectivity index (χ0v) is 9.80. The topological polar surface area (TPSA) is 32.7 Å². The number of rotatable bonds is 1. The van der Waals surface area contributed by atoms with Crippen LogP contribution in [0.5, 0.6) is 0 Å². The van der Waals surface area contributed by atoms with Crippen LogP contribution in [0.4, 0.5) is 0 Å². The zero-order valence-electron chi connectivity index (χ0n) is 8.99. The highest BCUT2D eigenvalue weighted by atomic mass is 32.2. The van der Waals surface area contributed by atoms with E-state index < -0.39 is 0 Å². The average Bonchev–Trinajstić information content (AvgIpc) is 2.53. The third-order valence-corrected chi connectivity index (χ3v) is 3.58. The fourth-order valence-corrected chi connectivity index (χ4v) is 2.40. The van der Waals surface area contributed by atoms with Crippen molar-refractivity contribution in [3.05, 3.63) is 23.4 Å². The van der Waals surface area contributed by atoms with Crippen molar-refractivity contribution in [2.24, 2.45) is 4.99 Å². The summed E-state index contributed by atoms with van der Waals surface area (Å²) in [5, 5.41) is 0.833. The highest BCUT2D eigenvalue weighted by Crippen LogP contribution is 2.23. The Morgan fingerprint density at radius 2 is 2.20 bits per heavy atom. The van der Waals surface area contributed by atoms with Crippen LogP contribution in [0.3, 0.4) is 0 Å². The fourth-order valence-electron chi connectivity index (χ4n) is 1.48. The molecule has 1 aliphatic heterocycles. The molecule has 4 heteroatoms. The van der Waals surface area contributed by atoms with Crippen LogP contribution in [0.1, 0.15) is 19.8 Å². The van der Waals surface area contributed by atoms with Crippen molar-refractivity contribution in [1.82, 2.24) is 4.90 Å². The van der Waals surface area contributed by atoms with E-state index in [0.717, 1.165) is 23.7 Å². The van der Waals surface area contributed by atoms with E-state index in [1.54, 1.807) is 11.9 Å². The summed E-state index contributed by atoms with van der Waals surface area (Å²) in [5.74, 6) is 0.666. The number of thioether (sulfide) groups is 1. The van der Waals surface area contributed by atoms with E-state index in [9.17, 15) is 4.79 Å². The minimum absolute atomic E-state index is 0.141. The molecule has 0 aromatic heterocycles. The molecular formula is C11H14N2OS. The van der Waals surface area contributed by atoms with Gasteiger partial charge in [0.1, 0.15) is 0 Å². The van der Waals surface area contributed by atoms with Crippen molar-refractivity contribution in [3.63, 3.8) is 0 Å². The summed E-state index contributed by atoms with van der Waals surface area (Å²) in [5.41, 5.74) is 2.46. The van der Waals surface area contributed by atoms with E-state index in [-0.39, 0.29) is 5.91 Å². The molecule has 1 saturated heterocycles. The van der Waals surface area contributed by atoms with Crippen LogP contribution in [0, 0.1) is 0 Å². The molecule has 1 heterocycles. The number of allylic oxidation sites excluding steroid dienone is 4. The van der Waals surface area contributed by atoms with E-state index >= 15 is 0 Å². The maximum atomic E-state index is 11.3. The van der Waals surface area contributed by atoms with Crippen molar-refractivity contribution in [2.45, 2.75) is 19.8 Å². The number of carbonyl (C=O) groups excluding carboxylic acids is 1. The van der Waals surface area contributed by atoms with Crippen molar-refractivity contribution in [3.8, 4) is 0 Å². The lowest BCUT2D eigenvalue weighted by atomic mass is 10.0. The molecule has 1 aliphatic carbocycles. The quantitative estimate of drug-likeness (QED) is 0.681. The van der Waals surface area contributed by atoms with Crippen LogP contribution in [0.15, 0.2) is 28.4 Å². The highest BCUT2D eigenvalue weighted by Gasteiger charge is 2.24. The first-order valence-corrected chi connectivity index (χ1v) is 6.00. The number of nitrogens with zero attached hydrogens (tertiary/aromatic N) is 2.